The minimum atomic E-state index is 0.0380. The van der Waals surface area contributed by atoms with Gasteiger partial charge in [0.1, 0.15) is 11.2 Å². The summed E-state index contributed by atoms with van der Waals surface area (Å²) in [5, 5.41) is 2.44. The van der Waals surface area contributed by atoms with Gasteiger partial charge in [0.25, 0.3) is 0 Å². The summed E-state index contributed by atoms with van der Waals surface area (Å²) in [7, 11) is 0. The summed E-state index contributed by atoms with van der Waals surface area (Å²) < 4.78 is 6.11. The number of rotatable bonds is 2. The zero-order chi connectivity index (χ0) is 19.6. The Bertz CT molecular complexity index is 1400. The predicted molar refractivity (Wildman–Crippen MR) is 121 cm³/mol. The molecular formula is C28H22O. The molecule has 0 N–H and O–H groups in total. The minimum absolute atomic E-state index is 0.0380. The highest BCUT2D eigenvalue weighted by Crippen LogP contribution is 2.50. The highest BCUT2D eigenvalue weighted by molar-refractivity contribution is 6.06. The molecule has 140 valence electrons. The van der Waals surface area contributed by atoms with Crippen molar-refractivity contribution in [1.29, 1.82) is 0 Å². The SMILES string of the molecule is CC1(C)c2ccccc2-c2c(Cc3cccc4oc5ccccc5c34)cccc21. The average molecular weight is 374 g/mol. The quantitative estimate of drug-likeness (QED) is 0.312. The maximum atomic E-state index is 6.11. The second-order valence-corrected chi connectivity index (χ2v) is 8.58. The molecule has 1 aromatic heterocycles. The second-order valence-electron chi connectivity index (χ2n) is 8.58. The van der Waals surface area contributed by atoms with E-state index in [0.717, 1.165) is 17.6 Å². The molecule has 1 aliphatic rings. The third-order valence-corrected chi connectivity index (χ3v) is 6.56. The molecule has 4 aromatic carbocycles. The third-order valence-electron chi connectivity index (χ3n) is 6.56. The number of hydrogen-bond donors (Lipinski definition) is 0. The zero-order valence-electron chi connectivity index (χ0n) is 16.7. The molecule has 0 saturated carbocycles. The van der Waals surface area contributed by atoms with Crippen molar-refractivity contribution in [2.75, 3.05) is 0 Å². The Balaban J connectivity index is 1.58. The van der Waals surface area contributed by atoms with Crippen LogP contribution < -0.4 is 0 Å². The lowest BCUT2D eigenvalue weighted by atomic mass is 9.82. The monoisotopic (exact) mass is 374 g/mol. The molecule has 29 heavy (non-hydrogen) atoms. The Morgan fingerprint density at radius 3 is 2.28 bits per heavy atom. The molecule has 0 atom stereocenters. The molecule has 1 nitrogen and oxygen atoms in total. The summed E-state index contributed by atoms with van der Waals surface area (Å²) in [6, 6.07) is 30.5. The summed E-state index contributed by atoms with van der Waals surface area (Å²) in [5.41, 5.74) is 10.3. The van der Waals surface area contributed by atoms with Gasteiger partial charge in [0, 0.05) is 16.2 Å². The van der Waals surface area contributed by atoms with Crippen LogP contribution in [0.25, 0.3) is 33.1 Å². The molecule has 1 heteroatoms. The first kappa shape index (κ1) is 16.6. The Kier molecular flexibility index (Phi) is 3.35. The number of benzene rings is 4. The van der Waals surface area contributed by atoms with Crippen molar-refractivity contribution < 1.29 is 4.42 Å². The molecule has 0 amide bonds. The Labute approximate surface area is 170 Å². The van der Waals surface area contributed by atoms with Crippen LogP contribution in [0.4, 0.5) is 0 Å². The molecule has 0 radical (unpaired) electrons. The fourth-order valence-corrected chi connectivity index (χ4v) is 5.18. The van der Waals surface area contributed by atoms with Gasteiger partial charge in [-0.15, -0.1) is 0 Å². The molecule has 0 aliphatic heterocycles. The van der Waals surface area contributed by atoms with E-state index in [1.165, 1.54) is 44.2 Å². The van der Waals surface area contributed by atoms with Crippen molar-refractivity contribution in [1.82, 2.24) is 0 Å². The maximum Gasteiger partial charge on any atom is 0.135 e. The molecule has 0 fully saturated rings. The van der Waals surface area contributed by atoms with Crippen LogP contribution in [0.2, 0.25) is 0 Å². The van der Waals surface area contributed by atoms with Gasteiger partial charge in [-0.25, -0.2) is 0 Å². The van der Waals surface area contributed by atoms with Gasteiger partial charge in [0.15, 0.2) is 0 Å². The summed E-state index contributed by atoms with van der Waals surface area (Å²) in [5.74, 6) is 0. The molecule has 0 saturated heterocycles. The van der Waals surface area contributed by atoms with Crippen molar-refractivity contribution in [2.24, 2.45) is 0 Å². The first-order valence-corrected chi connectivity index (χ1v) is 10.3. The van der Waals surface area contributed by atoms with Crippen LogP contribution in [0.3, 0.4) is 0 Å². The van der Waals surface area contributed by atoms with E-state index in [-0.39, 0.29) is 5.41 Å². The average Bonchev–Trinajstić information content (AvgIpc) is 3.23. The lowest BCUT2D eigenvalue weighted by molar-refractivity contribution is 0.660. The van der Waals surface area contributed by atoms with Crippen molar-refractivity contribution in [3.05, 3.63) is 107 Å². The van der Waals surface area contributed by atoms with E-state index in [2.05, 4.69) is 92.7 Å². The second kappa shape index (κ2) is 5.84. The fraction of sp³-hybridized carbons (Fsp3) is 0.143. The smallest absolute Gasteiger partial charge is 0.135 e. The van der Waals surface area contributed by atoms with Crippen LogP contribution in [-0.2, 0) is 11.8 Å². The molecule has 0 bridgehead atoms. The van der Waals surface area contributed by atoms with Crippen molar-refractivity contribution in [3.63, 3.8) is 0 Å². The lowest BCUT2D eigenvalue weighted by Crippen LogP contribution is -2.14. The van der Waals surface area contributed by atoms with E-state index in [4.69, 9.17) is 4.42 Å². The van der Waals surface area contributed by atoms with Crippen LogP contribution >= 0.6 is 0 Å². The first-order valence-electron chi connectivity index (χ1n) is 10.3. The molecule has 1 aliphatic carbocycles. The van der Waals surface area contributed by atoms with E-state index >= 15 is 0 Å². The van der Waals surface area contributed by atoms with Gasteiger partial charge in [-0.05, 0) is 51.9 Å². The third kappa shape index (κ3) is 2.28. The fourth-order valence-electron chi connectivity index (χ4n) is 5.18. The van der Waals surface area contributed by atoms with E-state index < -0.39 is 0 Å². The van der Waals surface area contributed by atoms with Crippen molar-refractivity contribution in [2.45, 2.75) is 25.7 Å². The normalized spacial score (nSPS) is 14.3. The number of hydrogen-bond acceptors (Lipinski definition) is 1. The van der Waals surface area contributed by atoms with Crippen molar-refractivity contribution in [3.8, 4) is 11.1 Å². The van der Waals surface area contributed by atoms with E-state index in [1.807, 2.05) is 6.07 Å². The molecule has 1 heterocycles. The molecule has 5 aromatic rings. The van der Waals surface area contributed by atoms with Crippen LogP contribution in [0, 0.1) is 0 Å². The van der Waals surface area contributed by atoms with Gasteiger partial charge in [-0.1, -0.05) is 86.6 Å². The Hall–Kier alpha value is -3.32. The minimum Gasteiger partial charge on any atom is -0.456 e. The van der Waals surface area contributed by atoms with Crippen LogP contribution in [0.15, 0.2) is 89.3 Å². The van der Waals surface area contributed by atoms with E-state index in [0.29, 0.717) is 0 Å². The topological polar surface area (TPSA) is 13.1 Å². The Morgan fingerprint density at radius 2 is 1.34 bits per heavy atom. The van der Waals surface area contributed by atoms with Gasteiger partial charge >= 0.3 is 0 Å². The molecule has 0 unspecified atom stereocenters. The van der Waals surface area contributed by atoms with Gasteiger partial charge in [-0.2, -0.15) is 0 Å². The number of para-hydroxylation sites is 1. The lowest BCUT2D eigenvalue weighted by Gasteiger charge is -2.21. The molecule has 6 rings (SSSR count). The highest BCUT2D eigenvalue weighted by Gasteiger charge is 2.36. The summed E-state index contributed by atoms with van der Waals surface area (Å²) >= 11 is 0. The van der Waals surface area contributed by atoms with E-state index in [1.54, 1.807) is 0 Å². The van der Waals surface area contributed by atoms with Crippen LogP contribution in [0.5, 0.6) is 0 Å². The number of furan rings is 1. The predicted octanol–water partition coefficient (Wildman–Crippen LogP) is 7.48. The molecular weight excluding hydrogens is 352 g/mol. The largest absolute Gasteiger partial charge is 0.456 e. The standard InChI is InChI=1S/C28H22O/c1-28(2)22-13-5-3-11-20(22)26-18(9-7-14-23(26)28)17-19-10-8-16-25-27(19)21-12-4-6-15-24(21)29-25/h3-16H,17H2,1-2H3. The maximum absolute atomic E-state index is 6.11. The van der Waals surface area contributed by atoms with Gasteiger partial charge in [0.05, 0.1) is 0 Å². The van der Waals surface area contributed by atoms with E-state index in [9.17, 15) is 0 Å². The van der Waals surface area contributed by atoms with Gasteiger partial charge in [-0.3, -0.25) is 0 Å². The van der Waals surface area contributed by atoms with Gasteiger partial charge < -0.3 is 4.42 Å². The summed E-state index contributed by atoms with van der Waals surface area (Å²) in [4.78, 5) is 0. The zero-order valence-corrected chi connectivity index (χ0v) is 16.7. The van der Waals surface area contributed by atoms with Gasteiger partial charge in [0.2, 0.25) is 0 Å². The van der Waals surface area contributed by atoms with Crippen LogP contribution in [0.1, 0.15) is 36.1 Å². The summed E-state index contributed by atoms with van der Waals surface area (Å²) in [6.45, 7) is 4.68. The van der Waals surface area contributed by atoms with Crippen molar-refractivity contribution >= 4 is 21.9 Å². The Morgan fingerprint density at radius 1 is 0.655 bits per heavy atom. The highest BCUT2D eigenvalue weighted by atomic mass is 16.3. The molecule has 0 spiro atoms. The number of fused-ring (bicyclic) bond motifs is 6. The summed E-state index contributed by atoms with van der Waals surface area (Å²) in [6.07, 6.45) is 0.897. The van der Waals surface area contributed by atoms with Crippen LogP contribution in [-0.4, -0.2) is 0 Å². The first-order chi connectivity index (χ1) is 14.1.